The van der Waals surface area contributed by atoms with Crippen molar-refractivity contribution in [3.63, 3.8) is 0 Å². The van der Waals surface area contributed by atoms with Gasteiger partial charge in [0.2, 0.25) is 0 Å². The second kappa shape index (κ2) is 4.82. The molecule has 3 nitrogen and oxygen atoms in total. The quantitative estimate of drug-likeness (QED) is 0.911. The van der Waals surface area contributed by atoms with Crippen LogP contribution < -0.4 is 5.32 Å². The zero-order valence-corrected chi connectivity index (χ0v) is 11.6. The summed E-state index contributed by atoms with van der Waals surface area (Å²) in [6, 6.07) is 10.5. The van der Waals surface area contributed by atoms with Gasteiger partial charge in [0, 0.05) is 28.7 Å². The van der Waals surface area contributed by atoms with Crippen LogP contribution in [0.2, 0.25) is 0 Å². The lowest BCUT2D eigenvalue weighted by atomic mass is 9.88. The van der Waals surface area contributed by atoms with E-state index >= 15 is 0 Å². The van der Waals surface area contributed by atoms with Gasteiger partial charge in [-0.2, -0.15) is 0 Å². The van der Waals surface area contributed by atoms with E-state index in [2.05, 4.69) is 48.4 Å². The molecule has 0 unspecified atom stereocenters. The van der Waals surface area contributed by atoms with Gasteiger partial charge in [-0.05, 0) is 18.6 Å². The molecule has 19 heavy (non-hydrogen) atoms. The fourth-order valence-electron chi connectivity index (χ4n) is 2.42. The highest BCUT2D eigenvalue weighted by molar-refractivity contribution is 5.91. The van der Waals surface area contributed by atoms with Crippen molar-refractivity contribution < 1.29 is 4.74 Å². The number of hydrogen-bond acceptors (Lipinski definition) is 3. The number of nitrogens with zero attached hydrogens (tertiary/aromatic N) is 1. The molecule has 0 spiro atoms. The standard InChI is InChI=1S/C16H20N2O/c1-3-12-8-15(17-9-16(2)10-19-11-16)13-6-4-5-7-14(13)18-12/h4-8H,3,9-11H2,1-2H3,(H,17,18). The number of pyridine rings is 1. The van der Waals surface area contributed by atoms with Gasteiger partial charge in [0.1, 0.15) is 0 Å². The van der Waals surface area contributed by atoms with Crippen LogP contribution in [-0.4, -0.2) is 24.7 Å². The summed E-state index contributed by atoms with van der Waals surface area (Å²) in [4.78, 5) is 4.67. The molecule has 1 aromatic heterocycles. The van der Waals surface area contributed by atoms with E-state index < -0.39 is 0 Å². The largest absolute Gasteiger partial charge is 0.384 e. The molecule has 3 heteroatoms. The summed E-state index contributed by atoms with van der Waals surface area (Å²) in [6.45, 7) is 7.05. The average Bonchev–Trinajstić information content (AvgIpc) is 2.42. The van der Waals surface area contributed by atoms with Gasteiger partial charge in [-0.25, -0.2) is 0 Å². The van der Waals surface area contributed by atoms with Crippen LogP contribution in [0.3, 0.4) is 0 Å². The van der Waals surface area contributed by atoms with Crippen molar-refractivity contribution in [2.24, 2.45) is 5.41 Å². The number of rotatable bonds is 4. The van der Waals surface area contributed by atoms with Gasteiger partial charge >= 0.3 is 0 Å². The second-order valence-corrected chi connectivity index (χ2v) is 5.69. The second-order valence-electron chi connectivity index (χ2n) is 5.69. The maximum Gasteiger partial charge on any atom is 0.0726 e. The summed E-state index contributed by atoms with van der Waals surface area (Å²) in [5.41, 5.74) is 3.67. The number of ether oxygens (including phenoxy) is 1. The highest BCUT2D eigenvalue weighted by Gasteiger charge is 2.33. The maximum atomic E-state index is 5.31. The van der Waals surface area contributed by atoms with Crippen molar-refractivity contribution in [1.29, 1.82) is 0 Å². The Kier molecular flexibility index (Phi) is 3.15. The predicted molar refractivity (Wildman–Crippen MR) is 78.5 cm³/mol. The number of aryl methyl sites for hydroxylation is 1. The van der Waals surface area contributed by atoms with E-state index in [1.165, 1.54) is 11.1 Å². The molecule has 0 aliphatic carbocycles. The number of anilines is 1. The molecule has 1 aliphatic rings. The van der Waals surface area contributed by atoms with E-state index in [-0.39, 0.29) is 5.41 Å². The van der Waals surface area contributed by atoms with Crippen molar-refractivity contribution >= 4 is 16.6 Å². The van der Waals surface area contributed by atoms with Crippen LogP contribution in [0.25, 0.3) is 10.9 Å². The highest BCUT2D eigenvalue weighted by atomic mass is 16.5. The zero-order chi connectivity index (χ0) is 13.3. The summed E-state index contributed by atoms with van der Waals surface area (Å²) in [6.07, 6.45) is 0.958. The van der Waals surface area contributed by atoms with E-state index in [1.54, 1.807) is 0 Å². The molecule has 1 N–H and O–H groups in total. The summed E-state index contributed by atoms with van der Waals surface area (Å²) in [7, 11) is 0. The van der Waals surface area contributed by atoms with E-state index in [0.717, 1.165) is 37.4 Å². The number of hydrogen-bond donors (Lipinski definition) is 1. The Morgan fingerprint density at radius 1 is 1.32 bits per heavy atom. The number of fused-ring (bicyclic) bond motifs is 1. The third-order valence-corrected chi connectivity index (χ3v) is 3.74. The van der Waals surface area contributed by atoms with Gasteiger partial charge in [-0.1, -0.05) is 32.0 Å². The third kappa shape index (κ3) is 2.43. The molecule has 0 atom stereocenters. The molecule has 0 radical (unpaired) electrons. The topological polar surface area (TPSA) is 34.1 Å². The van der Waals surface area contributed by atoms with E-state index in [1.807, 2.05) is 6.07 Å². The van der Waals surface area contributed by atoms with Gasteiger partial charge in [0.15, 0.2) is 0 Å². The minimum atomic E-state index is 0.275. The summed E-state index contributed by atoms with van der Waals surface area (Å²) < 4.78 is 5.31. The zero-order valence-electron chi connectivity index (χ0n) is 11.6. The van der Waals surface area contributed by atoms with Crippen LogP contribution in [0.15, 0.2) is 30.3 Å². The summed E-state index contributed by atoms with van der Waals surface area (Å²) in [5.74, 6) is 0. The van der Waals surface area contributed by atoms with Gasteiger partial charge in [0.25, 0.3) is 0 Å². The molecular formula is C16H20N2O. The van der Waals surface area contributed by atoms with Gasteiger partial charge in [0.05, 0.1) is 18.7 Å². The fourth-order valence-corrected chi connectivity index (χ4v) is 2.42. The lowest BCUT2D eigenvalue weighted by molar-refractivity contribution is -0.0924. The molecule has 3 rings (SSSR count). The molecule has 100 valence electrons. The number of aromatic nitrogens is 1. The van der Waals surface area contributed by atoms with Crippen molar-refractivity contribution in [3.05, 3.63) is 36.0 Å². The Bertz CT molecular complexity index is 590. The summed E-state index contributed by atoms with van der Waals surface area (Å²) >= 11 is 0. The van der Waals surface area contributed by atoms with Gasteiger partial charge in [-0.15, -0.1) is 0 Å². The molecule has 1 saturated heterocycles. The third-order valence-electron chi connectivity index (χ3n) is 3.74. The fraction of sp³-hybridized carbons (Fsp3) is 0.438. The first-order chi connectivity index (χ1) is 9.20. The Labute approximate surface area is 114 Å². The number of para-hydroxylation sites is 1. The molecular weight excluding hydrogens is 236 g/mol. The summed E-state index contributed by atoms with van der Waals surface area (Å²) in [5, 5.41) is 4.78. The lowest BCUT2D eigenvalue weighted by Gasteiger charge is -2.38. The van der Waals surface area contributed by atoms with Crippen LogP contribution in [0, 0.1) is 5.41 Å². The molecule has 1 aromatic carbocycles. The SMILES string of the molecule is CCc1cc(NCC2(C)COC2)c2ccccc2n1. The molecule has 0 amide bonds. The van der Waals surface area contributed by atoms with Crippen LogP contribution in [0.1, 0.15) is 19.5 Å². The van der Waals surface area contributed by atoms with Crippen molar-refractivity contribution in [1.82, 2.24) is 4.98 Å². The van der Waals surface area contributed by atoms with Gasteiger partial charge < -0.3 is 10.1 Å². The van der Waals surface area contributed by atoms with E-state index in [9.17, 15) is 0 Å². The minimum absolute atomic E-state index is 0.275. The Morgan fingerprint density at radius 3 is 2.79 bits per heavy atom. The van der Waals surface area contributed by atoms with Crippen LogP contribution in [0.5, 0.6) is 0 Å². The van der Waals surface area contributed by atoms with Crippen LogP contribution >= 0.6 is 0 Å². The first-order valence-corrected chi connectivity index (χ1v) is 6.90. The predicted octanol–water partition coefficient (Wildman–Crippen LogP) is 3.25. The molecule has 1 fully saturated rings. The van der Waals surface area contributed by atoms with Crippen molar-refractivity contribution in [3.8, 4) is 0 Å². The van der Waals surface area contributed by atoms with Crippen molar-refractivity contribution in [2.75, 3.05) is 25.1 Å². The maximum absolute atomic E-state index is 5.31. The Balaban J connectivity index is 1.92. The van der Waals surface area contributed by atoms with E-state index in [4.69, 9.17) is 4.74 Å². The number of nitrogens with one attached hydrogen (secondary N) is 1. The van der Waals surface area contributed by atoms with Crippen molar-refractivity contribution in [2.45, 2.75) is 20.3 Å². The lowest BCUT2D eigenvalue weighted by Crippen LogP contribution is -2.45. The average molecular weight is 256 g/mol. The molecule has 2 heterocycles. The van der Waals surface area contributed by atoms with Crippen LogP contribution in [0.4, 0.5) is 5.69 Å². The monoisotopic (exact) mass is 256 g/mol. The first kappa shape index (κ1) is 12.4. The smallest absolute Gasteiger partial charge is 0.0726 e. The molecule has 1 aliphatic heterocycles. The van der Waals surface area contributed by atoms with Crippen LogP contribution in [-0.2, 0) is 11.2 Å². The normalized spacial score (nSPS) is 17.2. The highest BCUT2D eigenvalue weighted by Crippen LogP contribution is 2.29. The first-order valence-electron chi connectivity index (χ1n) is 6.90. The van der Waals surface area contributed by atoms with Gasteiger partial charge in [-0.3, -0.25) is 4.98 Å². The number of benzene rings is 1. The van der Waals surface area contributed by atoms with E-state index in [0.29, 0.717) is 0 Å². The molecule has 0 saturated carbocycles. The Hall–Kier alpha value is -1.61. The molecule has 2 aromatic rings. The minimum Gasteiger partial charge on any atom is -0.384 e. The molecule has 0 bridgehead atoms. The Morgan fingerprint density at radius 2 is 2.11 bits per heavy atom.